The molecule has 0 aromatic carbocycles. The van der Waals surface area contributed by atoms with Crippen LogP contribution in [-0.4, -0.2) is 16.6 Å². The Hall–Kier alpha value is -0.150. The zero-order chi connectivity index (χ0) is 8.36. The van der Waals surface area contributed by atoms with Crippen molar-refractivity contribution in [3.63, 3.8) is 0 Å². The molecule has 0 radical (unpaired) electrons. The van der Waals surface area contributed by atoms with E-state index in [0.717, 1.165) is 0 Å². The molecule has 0 bridgehead atoms. The van der Waals surface area contributed by atoms with Gasteiger partial charge in [-0.1, -0.05) is 5.57 Å². The van der Waals surface area contributed by atoms with Crippen LogP contribution in [0.15, 0.2) is 12.2 Å². The number of halogens is 3. The minimum absolute atomic E-state index is 0.170. The molecule has 0 heterocycles. The summed E-state index contributed by atoms with van der Waals surface area (Å²) < 4.78 is 23.9. The summed E-state index contributed by atoms with van der Waals surface area (Å²) in [6.45, 7) is 4.90. The highest BCUT2D eigenvalue weighted by atomic mass is 35.5. The SMILES string of the molecule is C=C(C)CC(O)C(F)(F)Cl. The molecular weight excluding hydrogens is 162 g/mol. The van der Waals surface area contributed by atoms with Crippen molar-refractivity contribution < 1.29 is 13.9 Å². The number of aliphatic hydroxyl groups is 1. The van der Waals surface area contributed by atoms with Gasteiger partial charge in [-0.05, 0) is 18.5 Å². The molecule has 1 N–H and O–H groups in total. The van der Waals surface area contributed by atoms with Crippen molar-refractivity contribution in [3.05, 3.63) is 12.2 Å². The zero-order valence-electron chi connectivity index (χ0n) is 5.57. The fourth-order valence-corrected chi connectivity index (χ4v) is 0.523. The average Bonchev–Trinajstić information content (AvgIpc) is 1.60. The third kappa shape index (κ3) is 3.80. The molecule has 1 nitrogen and oxygen atoms in total. The Kier molecular flexibility index (Phi) is 3.25. The lowest BCUT2D eigenvalue weighted by Crippen LogP contribution is -2.27. The lowest BCUT2D eigenvalue weighted by Gasteiger charge is -2.14. The molecule has 10 heavy (non-hydrogen) atoms. The van der Waals surface area contributed by atoms with Gasteiger partial charge >= 0.3 is 5.38 Å². The number of hydrogen-bond acceptors (Lipinski definition) is 1. The highest BCUT2D eigenvalue weighted by Gasteiger charge is 2.34. The van der Waals surface area contributed by atoms with Gasteiger partial charge in [0.15, 0.2) is 0 Å². The van der Waals surface area contributed by atoms with Crippen LogP contribution in [-0.2, 0) is 0 Å². The van der Waals surface area contributed by atoms with E-state index in [0.29, 0.717) is 5.57 Å². The summed E-state index contributed by atoms with van der Waals surface area (Å²) in [5.41, 5.74) is 0.479. The summed E-state index contributed by atoms with van der Waals surface area (Å²) in [7, 11) is 0. The monoisotopic (exact) mass is 170 g/mol. The Labute approximate surface area is 63.3 Å². The van der Waals surface area contributed by atoms with Crippen molar-refractivity contribution in [3.8, 4) is 0 Å². The van der Waals surface area contributed by atoms with Gasteiger partial charge in [0, 0.05) is 6.42 Å². The number of rotatable bonds is 3. The van der Waals surface area contributed by atoms with E-state index in [4.69, 9.17) is 5.11 Å². The van der Waals surface area contributed by atoms with Crippen LogP contribution in [0, 0.1) is 0 Å². The van der Waals surface area contributed by atoms with Gasteiger partial charge in [0.2, 0.25) is 0 Å². The van der Waals surface area contributed by atoms with Gasteiger partial charge in [-0.15, -0.1) is 6.58 Å². The van der Waals surface area contributed by atoms with E-state index < -0.39 is 11.5 Å². The maximum atomic E-state index is 12.0. The van der Waals surface area contributed by atoms with Crippen LogP contribution in [0.25, 0.3) is 0 Å². The fraction of sp³-hybridized carbons (Fsp3) is 0.667. The molecule has 0 rings (SSSR count). The van der Waals surface area contributed by atoms with Gasteiger partial charge in [-0.3, -0.25) is 0 Å². The molecule has 60 valence electrons. The van der Waals surface area contributed by atoms with Gasteiger partial charge in [-0.2, -0.15) is 8.78 Å². The minimum Gasteiger partial charge on any atom is -0.385 e. The molecule has 4 heteroatoms. The van der Waals surface area contributed by atoms with E-state index in [2.05, 4.69) is 18.2 Å². The van der Waals surface area contributed by atoms with Crippen LogP contribution in [0.2, 0.25) is 0 Å². The van der Waals surface area contributed by atoms with Gasteiger partial charge in [-0.25, -0.2) is 0 Å². The summed E-state index contributed by atoms with van der Waals surface area (Å²) in [5.74, 6) is 0. The van der Waals surface area contributed by atoms with Gasteiger partial charge < -0.3 is 5.11 Å². The number of alkyl halides is 3. The largest absolute Gasteiger partial charge is 0.385 e. The molecule has 0 fully saturated rings. The summed E-state index contributed by atoms with van der Waals surface area (Å²) >= 11 is 4.50. The first-order chi connectivity index (χ1) is 4.34. The Balaban J connectivity index is 3.85. The second-order valence-corrected chi connectivity index (χ2v) is 2.72. The smallest absolute Gasteiger partial charge is 0.347 e. The van der Waals surface area contributed by atoms with Crippen LogP contribution in [0.3, 0.4) is 0 Å². The second-order valence-electron chi connectivity index (χ2n) is 2.22. The van der Waals surface area contributed by atoms with E-state index >= 15 is 0 Å². The number of aliphatic hydroxyl groups excluding tert-OH is 1. The van der Waals surface area contributed by atoms with E-state index in [1.165, 1.54) is 0 Å². The molecule has 0 aliphatic carbocycles. The van der Waals surface area contributed by atoms with Crippen molar-refractivity contribution in [1.82, 2.24) is 0 Å². The maximum absolute atomic E-state index is 12.0. The highest BCUT2D eigenvalue weighted by molar-refractivity contribution is 6.22. The van der Waals surface area contributed by atoms with Crippen molar-refractivity contribution >= 4 is 11.6 Å². The van der Waals surface area contributed by atoms with Crippen molar-refractivity contribution in [2.75, 3.05) is 0 Å². The summed E-state index contributed by atoms with van der Waals surface area (Å²) in [6, 6.07) is 0. The fourth-order valence-electron chi connectivity index (χ4n) is 0.446. The maximum Gasteiger partial charge on any atom is 0.347 e. The lowest BCUT2D eigenvalue weighted by molar-refractivity contribution is -0.0396. The minimum atomic E-state index is -3.54. The lowest BCUT2D eigenvalue weighted by atomic mass is 10.1. The third-order valence-electron chi connectivity index (χ3n) is 0.920. The van der Waals surface area contributed by atoms with Crippen LogP contribution in [0.1, 0.15) is 13.3 Å². The Morgan fingerprint density at radius 3 is 2.30 bits per heavy atom. The zero-order valence-corrected chi connectivity index (χ0v) is 6.33. The van der Waals surface area contributed by atoms with Crippen LogP contribution in [0.4, 0.5) is 8.78 Å². The van der Waals surface area contributed by atoms with Crippen molar-refractivity contribution in [2.45, 2.75) is 24.8 Å². The summed E-state index contributed by atoms with van der Waals surface area (Å²) in [6.07, 6.45) is -2.00. The van der Waals surface area contributed by atoms with Crippen LogP contribution >= 0.6 is 11.6 Å². The van der Waals surface area contributed by atoms with Crippen molar-refractivity contribution in [2.24, 2.45) is 0 Å². The predicted octanol–water partition coefficient (Wildman–Crippen LogP) is 2.15. The molecule has 0 saturated carbocycles. The Morgan fingerprint density at radius 1 is 1.80 bits per heavy atom. The molecule has 0 aliphatic heterocycles. The predicted molar refractivity (Wildman–Crippen MR) is 36.2 cm³/mol. The molecule has 1 atom stereocenters. The van der Waals surface area contributed by atoms with Crippen LogP contribution < -0.4 is 0 Å². The normalized spacial score (nSPS) is 14.9. The first kappa shape index (κ1) is 9.85. The van der Waals surface area contributed by atoms with E-state index in [9.17, 15) is 8.78 Å². The van der Waals surface area contributed by atoms with E-state index in [-0.39, 0.29) is 6.42 Å². The molecule has 0 aromatic rings. The Morgan fingerprint density at radius 2 is 2.20 bits per heavy atom. The van der Waals surface area contributed by atoms with E-state index in [1.54, 1.807) is 6.92 Å². The van der Waals surface area contributed by atoms with Gasteiger partial charge in [0.1, 0.15) is 6.10 Å². The van der Waals surface area contributed by atoms with Gasteiger partial charge in [0.05, 0.1) is 0 Å². The quantitative estimate of drug-likeness (QED) is 0.508. The molecular formula is C6H9ClF2O. The molecule has 0 aliphatic rings. The summed E-state index contributed by atoms with van der Waals surface area (Å²) in [5, 5.41) is 5.07. The molecule has 0 saturated heterocycles. The average molecular weight is 171 g/mol. The first-order valence-electron chi connectivity index (χ1n) is 2.73. The topological polar surface area (TPSA) is 20.2 Å². The standard InChI is InChI=1S/C6H9ClF2O/c1-4(2)3-5(10)6(7,8)9/h5,10H,1,3H2,2H3. The molecule has 0 spiro atoms. The second kappa shape index (κ2) is 3.30. The van der Waals surface area contributed by atoms with Crippen molar-refractivity contribution in [1.29, 1.82) is 0 Å². The Bertz CT molecular complexity index is 130. The molecule has 0 aromatic heterocycles. The summed E-state index contributed by atoms with van der Waals surface area (Å²) in [4.78, 5) is 0. The van der Waals surface area contributed by atoms with Gasteiger partial charge in [0.25, 0.3) is 0 Å². The third-order valence-corrected chi connectivity index (χ3v) is 1.17. The highest BCUT2D eigenvalue weighted by Crippen LogP contribution is 2.26. The first-order valence-corrected chi connectivity index (χ1v) is 3.11. The number of hydrogen-bond donors (Lipinski definition) is 1. The molecule has 0 amide bonds. The molecule has 1 unspecified atom stereocenters. The van der Waals surface area contributed by atoms with Crippen LogP contribution in [0.5, 0.6) is 0 Å². The van der Waals surface area contributed by atoms with E-state index in [1.807, 2.05) is 0 Å².